The molecule has 0 radical (unpaired) electrons. The van der Waals surface area contributed by atoms with Crippen LogP contribution in [-0.4, -0.2) is 35.2 Å². The van der Waals surface area contributed by atoms with Crippen molar-refractivity contribution in [2.45, 2.75) is 12.3 Å². The van der Waals surface area contributed by atoms with Crippen LogP contribution in [0.1, 0.15) is 23.6 Å². The first-order chi connectivity index (χ1) is 12.8. The molecular weight excluding hydrogens is 326 g/mol. The van der Waals surface area contributed by atoms with Gasteiger partial charge in [-0.2, -0.15) is 5.26 Å². The molecule has 3 aromatic rings. The summed E-state index contributed by atoms with van der Waals surface area (Å²) in [4.78, 5) is 3.66. The van der Waals surface area contributed by atoms with E-state index in [1.165, 1.54) is 10.4 Å². The number of hydrogen-bond donors (Lipinski definition) is 0. The number of benzene rings is 2. The minimum atomic E-state index is 0.349. The first-order valence-electron chi connectivity index (χ1n) is 8.60. The number of aromatic nitrogens is 3. The summed E-state index contributed by atoms with van der Waals surface area (Å²) in [5.41, 5.74) is 2.45. The zero-order valence-electron chi connectivity index (χ0n) is 14.5. The first-order valence-corrected chi connectivity index (χ1v) is 8.60. The van der Waals surface area contributed by atoms with E-state index in [0.29, 0.717) is 17.4 Å². The van der Waals surface area contributed by atoms with Gasteiger partial charge in [0.25, 0.3) is 0 Å². The quantitative estimate of drug-likeness (QED) is 0.727. The number of nitriles is 1. The maximum atomic E-state index is 9.51. The molecule has 130 valence electrons. The van der Waals surface area contributed by atoms with Gasteiger partial charge in [-0.3, -0.25) is 0 Å². The molecule has 0 aliphatic carbocycles. The largest absolute Gasteiger partial charge is 0.497 e. The van der Waals surface area contributed by atoms with Gasteiger partial charge < -0.3 is 9.64 Å². The van der Waals surface area contributed by atoms with Crippen molar-refractivity contribution in [1.82, 2.24) is 15.0 Å². The molecule has 1 atom stereocenters. The van der Waals surface area contributed by atoms with E-state index in [9.17, 15) is 5.26 Å². The van der Waals surface area contributed by atoms with Crippen molar-refractivity contribution in [2.24, 2.45) is 0 Å². The molecule has 1 saturated heterocycles. The van der Waals surface area contributed by atoms with E-state index in [2.05, 4.69) is 45.4 Å². The summed E-state index contributed by atoms with van der Waals surface area (Å²) in [6.45, 7) is 1.71. The van der Waals surface area contributed by atoms with Gasteiger partial charge in [-0.1, -0.05) is 36.4 Å². The molecule has 0 bridgehead atoms. The topological polar surface area (TPSA) is 67.0 Å². The zero-order valence-corrected chi connectivity index (χ0v) is 14.5. The van der Waals surface area contributed by atoms with Gasteiger partial charge in [-0.25, -0.2) is 0 Å². The summed E-state index contributed by atoms with van der Waals surface area (Å²) in [6.07, 6.45) is 1.04. The summed E-state index contributed by atoms with van der Waals surface area (Å²) in [7, 11) is 1.62. The molecule has 26 heavy (non-hydrogen) atoms. The monoisotopic (exact) mass is 345 g/mol. The molecule has 2 aromatic carbocycles. The number of anilines is 1. The van der Waals surface area contributed by atoms with Gasteiger partial charge in [0.05, 0.1) is 12.8 Å². The molecule has 1 aliphatic rings. The minimum absolute atomic E-state index is 0.349. The fraction of sp³-hybridized carbons (Fsp3) is 0.250. The lowest BCUT2D eigenvalue weighted by atomic mass is 9.99. The van der Waals surface area contributed by atoms with E-state index in [4.69, 9.17) is 4.74 Å². The van der Waals surface area contributed by atoms with Gasteiger partial charge in [-0.15, -0.1) is 15.0 Å². The maximum Gasteiger partial charge on any atom is 0.207 e. The van der Waals surface area contributed by atoms with Gasteiger partial charge in [0.2, 0.25) is 5.69 Å². The third kappa shape index (κ3) is 3.00. The third-order valence-electron chi connectivity index (χ3n) is 4.74. The average molecular weight is 345 g/mol. The van der Waals surface area contributed by atoms with Crippen LogP contribution in [0.5, 0.6) is 5.75 Å². The van der Waals surface area contributed by atoms with E-state index in [1.807, 2.05) is 30.3 Å². The number of ether oxygens (including phenoxy) is 1. The Balaban J connectivity index is 1.61. The summed E-state index contributed by atoms with van der Waals surface area (Å²) in [5.74, 6) is 1.82. The van der Waals surface area contributed by atoms with Crippen molar-refractivity contribution in [1.29, 1.82) is 5.26 Å². The van der Waals surface area contributed by atoms with Gasteiger partial charge in [0.15, 0.2) is 5.82 Å². The Labute approximate surface area is 152 Å². The van der Waals surface area contributed by atoms with E-state index in [0.717, 1.165) is 30.9 Å². The molecule has 0 N–H and O–H groups in total. The van der Waals surface area contributed by atoms with Crippen molar-refractivity contribution in [3.63, 3.8) is 0 Å². The normalized spacial score (nSPS) is 16.5. The number of rotatable bonds is 4. The molecule has 6 heteroatoms. The molecule has 0 saturated carbocycles. The second-order valence-electron chi connectivity index (χ2n) is 6.32. The molecule has 1 fully saturated rings. The van der Waals surface area contributed by atoms with Crippen molar-refractivity contribution in [3.8, 4) is 17.5 Å². The number of hydrogen-bond acceptors (Lipinski definition) is 5. The second kappa shape index (κ2) is 6.89. The highest BCUT2D eigenvalue weighted by molar-refractivity contribution is 5.52. The van der Waals surface area contributed by atoms with Crippen molar-refractivity contribution >= 4 is 5.82 Å². The Morgan fingerprint density at radius 1 is 1.12 bits per heavy atom. The Morgan fingerprint density at radius 2 is 1.96 bits per heavy atom. The standard InChI is InChI=1S/C20H19N5O/c1-26-18-9-5-8-17(12-18)25-22-19(13-21)20(23-25)24-11-10-16(14-24)15-6-3-2-4-7-15/h2-9,12,16H,10-11,14H2,1H3. The Morgan fingerprint density at radius 3 is 2.73 bits per heavy atom. The molecular formula is C20H19N5O. The summed E-state index contributed by atoms with van der Waals surface area (Å²) in [6, 6.07) is 20.1. The smallest absolute Gasteiger partial charge is 0.207 e. The summed E-state index contributed by atoms with van der Waals surface area (Å²) >= 11 is 0. The van der Waals surface area contributed by atoms with E-state index < -0.39 is 0 Å². The third-order valence-corrected chi connectivity index (χ3v) is 4.74. The van der Waals surface area contributed by atoms with Crippen LogP contribution >= 0.6 is 0 Å². The molecule has 1 unspecified atom stereocenters. The van der Waals surface area contributed by atoms with Crippen LogP contribution < -0.4 is 9.64 Å². The molecule has 4 rings (SSSR count). The van der Waals surface area contributed by atoms with Gasteiger partial charge in [0.1, 0.15) is 11.8 Å². The Kier molecular flexibility index (Phi) is 4.28. The molecule has 2 heterocycles. The van der Waals surface area contributed by atoms with E-state index >= 15 is 0 Å². The lowest BCUT2D eigenvalue weighted by Crippen LogP contribution is -2.20. The lowest BCUT2D eigenvalue weighted by molar-refractivity contribution is 0.414. The zero-order chi connectivity index (χ0) is 17.9. The van der Waals surface area contributed by atoms with E-state index in [-0.39, 0.29) is 0 Å². The van der Waals surface area contributed by atoms with Gasteiger partial charge in [0, 0.05) is 25.1 Å². The number of methoxy groups -OCH3 is 1. The number of nitrogens with zero attached hydrogens (tertiary/aromatic N) is 5. The van der Waals surface area contributed by atoms with Crippen molar-refractivity contribution in [3.05, 3.63) is 65.9 Å². The Bertz CT molecular complexity index is 944. The molecule has 6 nitrogen and oxygen atoms in total. The van der Waals surface area contributed by atoms with Gasteiger partial charge >= 0.3 is 0 Å². The maximum absolute atomic E-state index is 9.51. The predicted octanol–water partition coefficient (Wildman–Crippen LogP) is 3.14. The van der Waals surface area contributed by atoms with Crippen LogP contribution in [0.3, 0.4) is 0 Å². The van der Waals surface area contributed by atoms with Crippen LogP contribution in [0.25, 0.3) is 5.69 Å². The minimum Gasteiger partial charge on any atom is -0.497 e. The molecule has 1 aromatic heterocycles. The Hall–Kier alpha value is -3.33. The second-order valence-corrected chi connectivity index (χ2v) is 6.32. The van der Waals surface area contributed by atoms with Crippen LogP contribution in [0.15, 0.2) is 54.6 Å². The SMILES string of the molecule is COc1cccc(-n2nc(C#N)c(N3CCC(c4ccccc4)C3)n2)c1. The summed E-state index contributed by atoms with van der Waals surface area (Å²) in [5, 5.41) is 18.5. The molecule has 1 aliphatic heterocycles. The average Bonchev–Trinajstić information content (AvgIpc) is 3.35. The van der Waals surface area contributed by atoms with Crippen LogP contribution in [0.4, 0.5) is 5.82 Å². The summed E-state index contributed by atoms with van der Waals surface area (Å²) < 4.78 is 5.26. The lowest BCUT2D eigenvalue weighted by Gasteiger charge is -2.15. The van der Waals surface area contributed by atoms with Crippen LogP contribution in [0, 0.1) is 11.3 Å². The fourth-order valence-electron chi connectivity index (χ4n) is 3.38. The highest BCUT2D eigenvalue weighted by Crippen LogP contribution is 2.31. The molecule has 0 amide bonds. The van der Waals surface area contributed by atoms with Gasteiger partial charge in [-0.05, 0) is 24.1 Å². The molecule has 0 spiro atoms. The van der Waals surface area contributed by atoms with Crippen molar-refractivity contribution < 1.29 is 4.74 Å². The van der Waals surface area contributed by atoms with E-state index in [1.54, 1.807) is 7.11 Å². The predicted molar refractivity (Wildman–Crippen MR) is 98.6 cm³/mol. The first kappa shape index (κ1) is 16.2. The highest BCUT2D eigenvalue weighted by Gasteiger charge is 2.28. The van der Waals surface area contributed by atoms with Crippen LogP contribution in [0.2, 0.25) is 0 Å². The van der Waals surface area contributed by atoms with Crippen LogP contribution in [-0.2, 0) is 0 Å². The fourth-order valence-corrected chi connectivity index (χ4v) is 3.38. The highest BCUT2D eigenvalue weighted by atomic mass is 16.5. The van der Waals surface area contributed by atoms with Crippen molar-refractivity contribution in [2.75, 3.05) is 25.1 Å².